The van der Waals surface area contributed by atoms with E-state index in [1.807, 2.05) is 0 Å². The Morgan fingerprint density at radius 2 is 2.05 bits per heavy atom. The van der Waals surface area contributed by atoms with Crippen LogP contribution in [0.25, 0.3) is 0 Å². The third-order valence-electron chi connectivity index (χ3n) is 3.72. The SMILES string of the molecule is COc1ccc(C(=O)NCCN2CCN(C)CC2)cc1Br. The van der Waals surface area contributed by atoms with Crippen LogP contribution in [0.3, 0.4) is 0 Å². The van der Waals surface area contributed by atoms with Crippen LogP contribution in [0, 0.1) is 0 Å². The van der Waals surface area contributed by atoms with Crippen molar-refractivity contribution < 1.29 is 9.53 Å². The number of hydrogen-bond donors (Lipinski definition) is 1. The molecule has 1 amide bonds. The molecule has 1 aromatic rings. The zero-order valence-corrected chi connectivity index (χ0v) is 14.1. The minimum Gasteiger partial charge on any atom is -0.496 e. The van der Waals surface area contributed by atoms with Crippen LogP contribution in [0.5, 0.6) is 5.75 Å². The van der Waals surface area contributed by atoms with Crippen molar-refractivity contribution in [2.75, 3.05) is 53.4 Å². The predicted molar refractivity (Wildman–Crippen MR) is 87.0 cm³/mol. The van der Waals surface area contributed by atoms with Crippen LogP contribution in [0.1, 0.15) is 10.4 Å². The monoisotopic (exact) mass is 355 g/mol. The van der Waals surface area contributed by atoms with Gasteiger partial charge in [0.2, 0.25) is 0 Å². The van der Waals surface area contributed by atoms with Gasteiger partial charge in [-0.3, -0.25) is 9.69 Å². The van der Waals surface area contributed by atoms with Crippen LogP contribution in [0.2, 0.25) is 0 Å². The molecule has 0 spiro atoms. The number of benzene rings is 1. The molecule has 1 aliphatic rings. The first-order chi connectivity index (χ1) is 10.1. The summed E-state index contributed by atoms with van der Waals surface area (Å²) in [5.74, 6) is 0.677. The number of nitrogens with one attached hydrogen (secondary N) is 1. The lowest BCUT2D eigenvalue weighted by molar-refractivity contribution is 0.0941. The van der Waals surface area contributed by atoms with Crippen LogP contribution < -0.4 is 10.1 Å². The van der Waals surface area contributed by atoms with Gasteiger partial charge in [0.25, 0.3) is 5.91 Å². The molecule has 2 rings (SSSR count). The van der Waals surface area contributed by atoms with Gasteiger partial charge in [-0.2, -0.15) is 0 Å². The molecular formula is C15H22BrN3O2. The number of halogens is 1. The first-order valence-corrected chi connectivity index (χ1v) is 7.92. The molecule has 21 heavy (non-hydrogen) atoms. The lowest BCUT2D eigenvalue weighted by Crippen LogP contribution is -2.46. The lowest BCUT2D eigenvalue weighted by atomic mass is 10.2. The fourth-order valence-corrected chi connectivity index (χ4v) is 2.85. The molecular weight excluding hydrogens is 334 g/mol. The zero-order chi connectivity index (χ0) is 15.2. The van der Waals surface area contributed by atoms with Crippen molar-refractivity contribution in [3.8, 4) is 5.75 Å². The van der Waals surface area contributed by atoms with Crippen LogP contribution in [0.4, 0.5) is 0 Å². The second-order valence-electron chi connectivity index (χ2n) is 5.25. The Morgan fingerprint density at radius 1 is 1.33 bits per heavy atom. The molecule has 6 heteroatoms. The molecule has 1 saturated heterocycles. The maximum atomic E-state index is 12.1. The van der Waals surface area contributed by atoms with E-state index >= 15 is 0 Å². The van der Waals surface area contributed by atoms with E-state index in [9.17, 15) is 4.79 Å². The van der Waals surface area contributed by atoms with Gasteiger partial charge in [0.15, 0.2) is 0 Å². The minimum atomic E-state index is -0.0486. The standard InChI is InChI=1S/C15H22BrN3O2/c1-18-7-9-19(10-8-18)6-5-17-15(20)12-3-4-14(21-2)13(16)11-12/h3-4,11H,5-10H2,1-2H3,(H,17,20). The molecule has 0 bridgehead atoms. The largest absolute Gasteiger partial charge is 0.496 e. The topological polar surface area (TPSA) is 44.8 Å². The summed E-state index contributed by atoms with van der Waals surface area (Å²) in [6.45, 7) is 5.91. The third kappa shape index (κ3) is 4.69. The summed E-state index contributed by atoms with van der Waals surface area (Å²) in [5, 5.41) is 2.97. The average Bonchev–Trinajstić information content (AvgIpc) is 2.49. The summed E-state index contributed by atoms with van der Waals surface area (Å²) < 4.78 is 5.95. The fraction of sp³-hybridized carbons (Fsp3) is 0.533. The minimum absolute atomic E-state index is 0.0486. The number of methoxy groups -OCH3 is 1. The van der Waals surface area contributed by atoms with Crippen molar-refractivity contribution >= 4 is 21.8 Å². The van der Waals surface area contributed by atoms with Crippen molar-refractivity contribution in [1.29, 1.82) is 0 Å². The Kier molecular flexibility index (Phi) is 6.02. The number of nitrogens with zero attached hydrogens (tertiary/aromatic N) is 2. The first-order valence-electron chi connectivity index (χ1n) is 7.13. The van der Waals surface area contributed by atoms with Gasteiger partial charge in [-0.05, 0) is 41.2 Å². The molecule has 0 aliphatic carbocycles. The Morgan fingerprint density at radius 3 is 2.67 bits per heavy atom. The average molecular weight is 356 g/mol. The van der Waals surface area contributed by atoms with E-state index in [2.05, 4.69) is 38.1 Å². The Balaban J connectivity index is 1.78. The van der Waals surface area contributed by atoms with E-state index in [1.54, 1.807) is 25.3 Å². The van der Waals surface area contributed by atoms with E-state index in [0.29, 0.717) is 12.1 Å². The summed E-state index contributed by atoms with van der Waals surface area (Å²) >= 11 is 3.39. The van der Waals surface area contributed by atoms with Crippen LogP contribution in [-0.2, 0) is 0 Å². The molecule has 116 valence electrons. The van der Waals surface area contributed by atoms with E-state index in [-0.39, 0.29) is 5.91 Å². The van der Waals surface area contributed by atoms with Crippen LogP contribution in [-0.4, -0.2) is 69.1 Å². The lowest BCUT2D eigenvalue weighted by Gasteiger charge is -2.32. The van der Waals surface area contributed by atoms with Gasteiger partial charge in [0.05, 0.1) is 11.6 Å². The van der Waals surface area contributed by atoms with Gasteiger partial charge >= 0.3 is 0 Å². The highest BCUT2D eigenvalue weighted by atomic mass is 79.9. The second-order valence-corrected chi connectivity index (χ2v) is 6.10. The number of carbonyl (C=O) groups is 1. The molecule has 1 N–H and O–H groups in total. The molecule has 1 aliphatic heterocycles. The van der Waals surface area contributed by atoms with Crippen LogP contribution >= 0.6 is 15.9 Å². The Labute approximate surface area is 134 Å². The van der Waals surface area contributed by atoms with E-state index in [0.717, 1.165) is 42.9 Å². The number of ether oxygens (including phenoxy) is 1. The van der Waals surface area contributed by atoms with Gasteiger partial charge in [-0.25, -0.2) is 0 Å². The molecule has 0 atom stereocenters. The van der Waals surface area contributed by atoms with Crippen molar-refractivity contribution in [1.82, 2.24) is 15.1 Å². The van der Waals surface area contributed by atoms with Crippen molar-refractivity contribution in [3.63, 3.8) is 0 Å². The summed E-state index contributed by atoms with van der Waals surface area (Å²) in [6.07, 6.45) is 0. The molecule has 0 saturated carbocycles. The quantitative estimate of drug-likeness (QED) is 0.867. The highest BCUT2D eigenvalue weighted by Crippen LogP contribution is 2.25. The van der Waals surface area contributed by atoms with Crippen molar-refractivity contribution in [3.05, 3.63) is 28.2 Å². The highest BCUT2D eigenvalue weighted by molar-refractivity contribution is 9.10. The summed E-state index contributed by atoms with van der Waals surface area (Å²) in [4.78, 5) is 16.8. The number of piperazine rings is 1. The van der Waals surface area contributed by atoms with Gasteiger partial charge in [-0.15, -0.1) is 0 Å². The van der Waals surface area contributed by atoms with Gasteiger partial charge in [0, 0.05) is 44.8 Å². The number of rotatable bonds is 5. The summed E-state index contributed by atoms with van der Waals surface area (Å²) in [5.41, 5.74) is 0.640. The molecule has 0 radical (unpaired) electrons. The van der Waals surface area contributed by atoms with Crippen molar-refractivity contribution in [2.45, 2.75) is 0 Å². The highest BCUT2D eigenvalue weighted by Gasteiger charge is 2.14. The van der Waals surface area contributed by atoms with Crippen LogP contribution in [0.15, 0.2) is 22.7 Å². The van der Waals surface area contributed by atoms with Gasteiger partial charge in [-0.1, -0.05) is 0 Å². The molecule has 1 heterocycles. The van der Waals surface area contributed by atoms with E-state index in [4.69, 9.17) is 4.74 Å². The maximum absolute atomic E-state index is 12.1. The van der Waals surface area contributed by atoms with Gasteiger partial charge in [0.1, 0.15) is 5.75 Å². The predicted octanol–water partition coefficient (Wildman–Crippen LogP) is 1.43. The Bertz CT molecular complexity index is 488. The summed E-state index contributed by atoms with van der Waals surface area (Å²) in [6, 6.07) is 5.35. The van der Waals surface area contributed by atoms with E-state index in [1.165, 1.54) is 0 Å². The molecule has 1 aromatic carbocycles. The fourth-order valence-electron chi connectivity index (χ4n) is 2.31. The maximum Gasteiger partial charge on any atom is 0.251 e. The number of hydrogen-bond acceptors (Lipinski definition) is 4. The molecule has 1 fully saturated rings. The number of amides is 1. The molecule has 5 nitrogen and oxygen atoms in total. The van der Waals surface area contributed by atoms with E-state index < -0.39 is 0 Å². The number of carbonyl (C=O) groups excluding carboxylic acids is 1. The zero-order valence-electron chi connectivity index (χ0n) is 12.6. The normalized spacial score (nSPS) is 16.7. The first kappa shape index (κ1) is 16.3. The smallest absolute Gasteiger partial charge is 0.251 e. The molecule has 0 aromatic heterocycles. The third-order valence-corrected chi connectivity index (χ3v) is 4.34. The Hall–Kier alpha value is -1.11. The van der Waals surface area contributed by atoms with Gasteiger partial charge < -0.3 is 15.0 Å². The summed E-state index contributed by atoms with van der Waals surface area (Å²) in [7, 11) is 3.75. The molecule has 0 unspecified atom stereocenters. The van der Waals surface area contributed by atoms with Crippen molar-refractivity contribution in [2.24, 2.45) is 0 Å². The number of likely N-dealkylation sites (N-methyl/N-ethyl adjacent to an activating group) is 1. The second kappa shape index (κ2) is 7.77.